The van der Waals surface area contributed by atoms with E-state index < -0.39 is 36.0 Å². The number of hydrogen-bond donors (Lipinski definition) is 3. The summed E-state index contributed by atoms with van der Waals surface area (Å²) in [6.07, 6.45) is -2.50. The summed E-state index contributed by atoms with van der Waals surface area (Å²) >= 11 is 6.14. The van der Waals surface area contributed by atoms with Crippen molar-refractivity contribution in [3.63, 3.8) is 0 Å². The fraction of sp³-hybridized carbons (Fsp3) is 0.857. The van der Waals surface area contributed by atoms with Crippen molar-refractivity contribution in [2.24, 2.45) is 11.8 Å². The third-order valence-electron chi connectivity index (χ3n) is 5.63. The van der Waals surface area contributed by atoms with Crippen molar-refractivity contribution in [1.82, 2.24) is 0 Å². The third-order valence-corrected chi connectivity index (χ3v) is 6.11. The summed E-state index contributed by atoms with van der Waals surface area (Å²) in [6, 6.07) is 0. The van der Waals surface area contributed by atoms with Crippen LogP contribution in [0, 0.1) is 11.8 Å². The van der Waals surface area contributed by atoms with E-state index in [1.807, 2.05) is 6.92 Å². The normalized spacial score (nSPS) is 35.5. The molecule has 7 nitrogen and oxygen atoms in total. The predicted molar refractivity (Wildman–Crippen MR) is 108 cm³/mol. The van der Waals surface area contributed by atoms with Gasteiger partial charge < -0.3 is 29.5 Å². The Balaban J connectivity index is 1.90. The van der Waals surface area contributed by atoms with Gasteiger partial charge >= 0.3 is 5.97 Å². The minimum absolute atomic E-state index is 0.0158. The Morgan fingerprint density at radius 2 is 1.83 bits per heavy atom. The minimum Gasteiger partial charge on any atom is -0.456 e. The van der Waals surface area contributed by atoms with Gasteiger partial charge in [0.25, 0.3) is 0 Å². The highest BCUT2D eigenvalue weighted by Crippen LogP contribution is 2.38. The second kappa shape index (κ2) is 9.62. The molecule has 0 unspecified atom stereocenters. The Labute approximate surface area is 178 Å². The predicted octanol–water partition coefficient (Wildman–Crippen LogP) is 2.14. The molecule has 2 heterocycles. The highest BCUT2D eigenvalue weighted by atomic mass is 35.5. The molecule has 3 N–H and O–H groups in total. The summed E-state index contributed by atoms with van der Waals surface area (Å²) in [5, 5.41) is 30.7. The summed E-state index contributed by atoms with van der Waals surface area (Å²) in [5.41, 5.74) is -0.123. The van der Waals surface area contributed by atoms with Gasteiger partial charge in [-0.1, -0.05) is 18.5 Å². The van der Waals surface area contributed by atoms with Crippen LogP contribution in [0.5, 0.6) is 0 Å². The first-order valence-electron chi connectivity index (χ1n) is 10.2. The third kappa shape index (κ3) is 6.64. The second-order valence-electron chi connectivity index (χ2n) is 9.39. The smallest absolute Gasteiger partial charge is 0.350 e. The number of halogens is 1. The van der Waals surface area contributed by atoms with Gasteiger partial charge in [-0.2, -0.15) is 0 Å². The lowest BCUT2D eigenvalue weighted by molar-refractivity contribution is -0.165. The first kappa shape index (κ1) is 24.6. The maximum atomic E-state index is 12.1. The van der Waals surface area contributed by atoms with E-state index in [1.54, 1.807) is 34.6 Å². The molecule has 2 fully saturated rings. The van der Waals surface area contributed by atoms with Crippen LogP contribution in [0.3, 0.4) is 0 Å². The van der Waals surface area contributed by atoms with E-state index in [0.29, 0.717) is 12.0 Å². The minimum atomic E-state index is -1.10. The van der Waals surface area contributed by atoms with Crippen LogP contribution in [0.1, 0.15) is 54.4 Å². The average Bonchev–Trinajstić information content (AvgIpc) is 3.37. The summed E-state index contributed by atoms with van der Waals surface area (Å²) in [4.78, 5) is 12.1. The van der Waals surface area contributed by atoms with Gasteiger partial charge in [-0.25, -0.2) is 4.79 Å². The van der Waals surface area contributed by atoms with Gasteiger partial charge in [0.05, 0.1) is 37.1 Å². The van der Waals surface area contributed by atoms with E-state index in [2.05, 4.69) is 0 Å². The molecule has 0 aliphatic carbocycles. The van der Waals surface area contributed by atoms with E-state index in [0.717, 1.165) is 0 Å². The molecule has 0 spiro atoms. The summed E-state index contributed by atoms with van der Waals surface area (Å²) in [5.74, 6) is -0.866. The van der Waals surface area contributed by atoms with E-state index in [-0.39, 0.29) is 42.1 Å². The lowest BCUT2D eigenvalue weighted by Gasteiger charge is -2.38. The number of aliphatic hydroxyl groups is 3. The molecule has 0 bridgehead atoms. The first-order chi connectivity index (χ1) is 13.3. The van der Waals surface area contributed by atoms with Crippen LogP contribution in [0.25, 0.3) is 0 Å². The van der Waals surface area contributed by atoms with E-state index in [1.165, 1.54) is 0 Å². The first-order valence-corrected chi connectivity index (χ1v) is 10.6. The van der Waals surface area contributed by atoms with Gasteiger partial charge in [0.15, 0.2) is 0 Å². The molecule has 29 heavy (non-hydrogen) atoms. The van der Waals surface area contributed by atoms with Gasteiger partial charge in [0, 0.05) is 11.8 Å². The SMILES string of the molecule is CC(C[C@@H]1OC[C@H](C[C@@H]2O[C@H]2[C@@H](C)[C@H](C)O)[C@@H](O)[C@H]1O)=C(Cl)C(=O)OC(C)(C)C. The van der Waals surface area contributed by atoms with Crippen LogP contribution >= 0.6 is 11.6 Å². The summed E-state index contributed by atoms with van der Waals surface area (Å²) < 4.78 is 16.7. The number of ether oxygens (including phenoxy) is 3. The fourth-order valence-corrected chi connectivity index (χ4v) is 3.72. The molecule has 0 aromatic carbocycles. The Kier molecular flexibility index (Phi) is 8.15. The molecule has 2 saturated heterocycles. The molecule has 2 aliphatic rings. The lowest BCUT2D eigenvalue weighted by Crippen LogP contribution is -2.50. The van der Waals surface area contributed by atoms with E-state index in [9.17, 15) is 20.1 Å². The molecule has 8 heteroatoms. The Morgan fingerprint density at radius 1 is 1.21 bits per heavy atom. The van der Waals surface area contributed by atoms with Gasteiger partial charge in [-0.3, -0.25) is 0 Å². The van der Waals surface area contributed by atoms with Crippen molar-refractivity contribution in [2.45, 2.75) is 96.6 Å². The molecule has 0 amide bonds. The van der Waals surface area contributed by atoms with E-state index in [4.69, 9.17) is 25.8 Å². The lowest BCUT2D eigenvalue weighted by atomic mass is 9.85. The summed E-state index contributed by atoms with van der Waals surface area (Å²) in [6.45, 7) is 10.9. The Hall–Kier alpha value is -0.700. The number of hydrogen-bond acceptors (Lipinski definition) is 7. The van der Waals surface area contributed by atoms with Crippen molar-refractivity contribution in [3.8, 4) is 0 Å². The van der Waals surface area contributed by atoms with Gasteiger partial charge in [0.2, 0.25) is 0 Å². The zero-order valence-corrected chi connectivity index (χ0v) is 18.8. The highest BCUT2D eigenvalue weighted by Gasteiger charge is 2.48. The number of rotatable bonds is 7. The molecule has 0 aromatic rings. The Bertz CT molecular complexity index is 613. The van der Waals surface area contributed by atoms with Crippen molar-refractivity contribution in [1.29, 1.82) is 0 Å². The maximum Gasteiger partial charge on any atom is 0.350 e. The van der Waals surface area contributed by atoms with Crippen LogP contribution in [-0.2, 0) is 19.0 Å². The molecule has 2 aliphatic heterocycles. The van der Waals surface area contributed by atoms with Crippen LogP contribution in [0.15, 0.2) is 10.6 Å². The van der Waals surface area contributed by atoms with Crippen molar-refractivity contribution in [2.75, 3.05) is 6.61 Å². The fourth-order valence-electron chi connectivity index (χ4n) is 3.60. The molecule has 8 atom stereocenters. The number of carbonyl (C=O) groups excluding carboxylic acids is 1. The molecular formula is C21H35ClO7. The number of esters is 1. The van der Waals surface area contributed by atoms with E-state index >= 15 is 0 Å². The van der Waals surface area contributed by atoms with Crippen LogP contribution in [-0.4, -0.2) is 70.1 Å². The van der Waals surface area contributed by atoms with Crippen molar-refractivity contribution in [3.05, 3.63) is 10.6 Å². The van der Waals surface area contributed by atoms with Gasteiger partial charge in [-0.05, 0) is 53.0 Å². The molecule has 2 rings (SSSR count). The zero-order valence-electron chi connectivity index (χ0n) is 18.1. The highest BCUT2D eigenvalue weighted by molar-refractivity contribution is 6.41. The molecular weight excluding hydrogens is 400 g/mol. The number of epoxide rings is 1. The second-order valence-corrected chi connectivity index (χ2v) is 9.77. The topological polar surface area (TPSA) is 109 Å². The standard InChI is InChI=1S/C21H35ClO7/c1-10(16(22)20(26)29-21(4,5)6)7-14-18(25)17(24)13(9-27-14)8-15-19(28-15)11(2)12(3)23/h11-15,17-19,23-25H,7-9H2,1-6H3/t11-,12-,13-,14-,15-,17+,18-,19-/m0/s1. The average molecular weight is 435 g/mol. The van der Waals surface area contributed by atoms with Crippen LogP contribution < -0.4 is 0 Å². The number of aliphatic hydroxyl groups excluding tert-OH is 3. The maximum absolute atomic E-state index is 12.1. The monoisotopic (exact) mass is 434 g/mol. The van der Waals surface area contributed by atoms with Crippen LogP contribution in [0.2, 0.25) is 0 Å². The number of carbonyl (C=O) groups is 1. The summed E-state index contributed by atoms with van der Waals surface area (Å²) in [7, 11) is 0. The van der Waals surface area contributed by atoms with Crippen molar-refractivity contribution >= 4 is 17.6 Å². The molecule has 168 valence electrons. The molecule has 0 radical (unpaired) electrons. The molecule has 0 aromatic heterocycles. The quantitative estimate of drug-likeness (QED) is 0.320. The largest absolute Gasteiger partial charge is 0.456 e. The Morgan fingerprint density at radius 3 is 2.38 bits per heavy atom. The van der Waals surface area contributed by atoms with Crippen LogP contribution in [0.4, 0.5) is 0 Å². The zero-order chi connectivity index (χ0) is 22.1. The molecule has 0 saturated carbocycles. The van der Waals surface area contributed by atoms with Gasteiger partial charge in [0.1, 0.15) is 16.7 Å². The van der Waals surface area contributed by atoms with Gasteiger partial charge in [-0.15, -0.1) is 0 Å². The van der Waals surface area contributed by atoms with Crippen molar-refractivity contribution < 1.29 is 34.3 Å².